The van der Waals surface area contributed by atoms with Gasteiger partial charge in [-0.1, -0.05) is 14.4 Å². The number of hydrogen-bond donors (Lipinski definition) is 11. The average molecular weight is 919 g/mol. The maximum absolute atomic E-state index is 12.6. The Morgan fingerprint density at radius 3 is 1.65 bits per heavy atom. The van der Waals surface area contributed by atoms with Gasteiger partial charge in [-0.3, -0.25) is 9.59 Å². The number of carboxylic acid groups (broad SMARTS) is 2. The molecule has 0 spiro atoms. The largest absolute Gasteiger partial charge is 1.00 e. The normalized spacial score (nSPS) is 40.5. The van der Waals surface area contributed by atoms with Gasteiger partial charge in [-0.2, -0.15) is 0 Å². The van der Waals surface area contributed by atoms with Crippen molar-refractivity contribution < 1.29 is 167 Å². The van der Waals surface area contributed by atoms with Crippen LogP contribution in [0.4, 0.5) is 4.79 Å². The summed E-state index contributed by atoms with van der Waals surface area (Å²) < 4.78 is 44.7. The second-order valence-corrected chi connectivity index (χ2v) is 14.5. The molecule has 4 aliphatic rings. The van der Waals surface area contributed by atoms with E-state index in [-0.39, 0.29) is 79.6 Å². The SMILES string of the molecule is C.CC(=O)NC1[C@H](O[C@@H]2C(C(=O)[O-])O[C@@H](O[C@@H]3C(NC(C)=O)[C@H](C)OC(CO)[C@H]3O)C(O)[C@H]2O)OC(COC(=O)NCCN)[C@@H](O)[C@@H]1O[C@@H]1OC(C(=O)[O-])[C@@H](C)[C@H](O)C1O.[Na+].[Na+]. The number of rotatable bonds is 15. The summed E-state index contributed by atoms with van der Waals surface area (Å²) in [5.41, 5.74) is 5.38. The number of carboxylic acids is 2. The van der Waals surface area contributed by atoms with Gasteiger partial charge in [0.2, 0.25) is 11.8 Å². The van der Waals surface area contributed by atoms with Gasteiger partial charge in [-0.25, -0.2) is 4.79 Å². The van der Waals surface area contributed by atoms with Crippen LogP contribution in [-0.4, -0.2) is 208 Å². The van der Waals surface area contributed by atoms with Gasteiger partial charge in [0.25, 0.3) is 0 Å². The Kier molecular flexibility index (Phi) is 24.6. The Balaban J connectivity index is 0.00000641. The van der Waals surface area contributed by atoms with Crippen molar-refractivity contribution >= 4 is 29.8 Å². The third-order valence-electron chi connectivity index (χ3n) is 10.2. The molecule has 4 aliphatic heterocycles. The molecular formula is C34H56N4Na2O22. The zero-order chi connectivity index (χ0) is 44.0. The molecule has 0 aromatic carbocycles. The quantitative estimate of drug-likeness (QED) is 0.0679. The molecule has 62 heavy (non-hydrogen) atoms. The Labute approximate surface area is 399 Å². The summed E-state index contributed by atoms with van der Waals surface area (Å²) in [6.07, 6.45) is -33.2. The molecule has 4 saturated heterocycles. The fourth-order valence-corrected chi connectivity index (χ4v) is 7.12. The molecule has 26 nitrogen and oxygen atoms in total. The number of carbonyl (C=O) groups is 5. The van der Waals surface area contributed by atoms with E-state index in [1.165, 1.54) is 13.8 Å². The van der Waals surface area contributed by atoms with Crippen LogP contribution in [0.1, 0.15) is 35.1 Å². The molecule has 0 aromatic rings. The van der Waals surface area contributed by atoms with Crippen LogP contribution in [0, 0.1) is 5.92 Å². The van der Waals surface area contributed by atoms with Gasteiger partial charge in [0.05, 0.1) is 36.8 Å². The molecule has 0 aromatic heterocycles. The van der Waals surface area contributed by atoms with Crippen LogP contribution in [0.3, 0.4) is 0 Å². The first kappa shape index (κ1) is 58.6. The van der Waals surface area contributed by atoms with Gasteiger partial charge >= 0.3 is 65.2 Å². The van der Waals surface area contributed by atoms with E-state index in [0.29, 0.717) is 0 Å². The first-order valence-corrected chi connectivity index (χ1v) is 18.6. The van der Waals surface area contributed by atoms with Crippen LogP contribution in [0.15, 0.2) is 0 Å². The number of ether oxygens (including phenoxy) is 8. The fourth-order valence-electron chi connectivity index (χ4n) is 7.12. The van der Waals surface area contributed by atoms with E-state index >= 15 is 0 Å². The van der Waals surface area contributed by atoms with Gasteiger partial charge in [0.15, 0.2) is 18.9 Å². The second kappa shape index (κ2) is 26.0. The molecule has 0 bridgehead atoms. The van der Waals surface area contributed by atoms with E-state index in [1.54, 1.807) is 0 Å². The maximum Gasteiger partial charge on any atom is 1.00 e. The molecule has 4 heterocycles. The molecule has 3 amide bonds. The molecule has 0 aliphatic carbocycles. The predicted octanol–water partition coefficient (Wildman–Crippen LogP) is -15.3. The first-order chi connectivity index (χ1) is 27.7. The molecular weight excluding hydrogens is 862 g/mol. The molecule has 20 atom stereocenters. The summed E-state index contributed by atoms with van der Waals surface area (Å²) in [6, 6.07) is -2.98. The Morgan fingerprint density at radius 2 is 1.13 bits per heavy atom. The van der Waals surface area contributed by atoms with Crippen LogP contribution >= 0.6 is 0 Å². The fraction of sp³-hybridized carbons (Fsp3) is 0.853. The third-order valence-corrected chi connectivity index (χ3v) is 10.2. The van der Waals surface area contributed by atoms with Crippen LogP contribution < -0.4 is 91.0 Å². The van der Waals surface area contributed by atoms with Crippen LogP contribution in [-0.2, 0) is 57.1 Å². The van der Waals surface area contributed by atoms with Crippen molar-refractivity contribution in [3.8, 4) is 0 Å². The van der Waals surface area contributed by atoms with Gasteiger partial charge in [0, 0.05) is 32.9 Å². The number of carbonyl (C=O) groups excluding carboxylic acids is 5. The van der Waals surface area contributed by atoms with Crippen molar-refractivity contribution in [3.05, 3.63) is 0 Å². The maximum atomic E-state index is 12.6. The monoisotopic (exact) mass is 918 g/mol. The van der Waals surface area contributed by atoms with Gasteiger partial charge < -0.3 is 115 Å². The molecule has 0 radical (unpaired) electrons. The third kappa shape index (κ3) is 14.0. The van der Waals surface area contributed by atoms with Crippen LogP contribution in [0.2, 0.25) is 0 Å². The number of nitrogens with one attached hydrogen (secondary N) is 3. The molecule has 12 N–H and O–H groups in total. The summed E-state index contributed by atoms with van der Waals surface area (Å²) >= 11 is 0. The summed E-state index contributed by atoms with van der Waals surface area (Å²) in [5, 5.41) is 108. The number of aliphatic carboxylic acids is 2. The van der Waals surface area contributed by atoms with E-state index in [2.05, 4.69) is 16.0 Å². The minimum absolute atomic E-state index is 0. The number of aliphatic hydroxyl groups is 7. The summed E-state index contributed by atoms with van der Waals surface area (Å²) in [4.78, 5) is 61.2. The number of aliphatic hydroxyl groups excluding tert-OH is 7. The molecule has 28 heteroatoms. The zero-order valence-electron chi connectivity index (χ0n) is 34.2. The summed E-state index contributed by atoms with van der Waals surface area (Å²) in [7, 11) is 0. The smallest absolute Gasteiger partial charge is 0.547 e. The van der Waals surface area contributed by atoms with Crippen LogP contribution in [0.25, 0.3) is 0 Å². The van der Waals surface area contributed by atoms with Crippen molar-refractivity contribution in [2.45, 2.75) is 152 Å². The van der Waals surface area contributed by atoms with E-state index in [1.807, 2.05) is 0 Å². The van der Waals surface area contributed by atoms with Crippen LogP contribution in [0.5, 0.6) is 0 Å². The van der Waals surface area contributed by atoms with Gasteiger partial charge in [-0.05, 0) is 6.92 Å². The summed E-state index contributed by atoms with van der Waals surface area (Å²) in [6.45, 7) is 3.24. The van der Waals surface area contributed by atoms with E-state index < -0.39 is 165 Å². The van der Waals surface area contributed by atoms with E-state index in [0.717, 1.165) is 13.8 Å². The minimum atomic E-state index is -2.38. The predicted molar refractivity (Wildman–Crippen MR) is 188 cm³/mol. The van der Waals surface area contributed by atoms with E-state index in [9.17, 15) is 69.9 Å². The Hall–Kier alpha value is -1.45. The summed E-state index contributed by atoms with van der Waals surface area (Å²) in [5.74, 6) is -6.60. The van der Waals surface area contributed by atoms with Gasteiger partial charge in [-0.15, -0.1) is 0 Å². The van der Waals surface area contributed by atoms with Crippen molar-refractivity contribution in [3.63, 3.8) is 0 Å². The number of hydrogen-bond acceptors (Lipinski definition) is 23. The van der Waals surface area contributed by atoms with E-state index in [4.69, 9.17) is 43.6 Å². The second-order valence-electron chi connectivity index (χ2n) is 14.5. The molecule has 0 saturated carbocycles. The molecule has 4 fully saturated rings. The van der Waals surface area contributed by atoms with Gasteiger partial charge in [0.1, 0.15) is 85.9 Å². The average Bonchev–Trinajstić information content (AvgIpc) is 3.17. The number of alkyl carbamates (subject to hydrolysis) is 1. The van der Waals surface area contributed by atoms with Crippen molar-refractivity contribution in [1.29, 1.82) is 0 Å². The van der Waals surface area contributed by atoms with Crippen molar-refractivity contribution in [2.75, 3.05) is 26.3 Å². The number of nitrogens with two attached hydrogens (primary N) is 1. The topological polar surface area (TPSA) is 409 Å². The van der Waals surface area contributed by atoms with Crippen molar-refractivity contribution in [2.24, 2.45) is 11.7 Å². The Bertz CT molecular complexity index is 1480. The zero-order valence-corrected chi connectivity index (χ0v) is 38.2. The number of amides is 3. The van der Waals surface area contributed by atoms with Crippen molar-refractivity contribution in [1.82, 2.24) is 16.0 Å². The molecule has 4 rings (SSSR count). The standard InChI is InChI=1S/C33H54N4O22.CH4.2Na/c1-9-17(41)21(45)31(55-23(9)28(47)48)57-25-16(37-12(4)40)30(54-14(19(25)43)8-52-33(51)35-6-5-34)58-26-20(44)22(46)32(59-27(26)29(49)50)56-24-15(36-11(3)39)10(2)53-13(7-38)18(24)42;;;/h9-10,13-27,30-32,38,41-46H,5-8,34H2,1-4H3,(H,35,51)(H,36,39)(H,37,40)(H,47,48)(H,49,50);1H4;;/q;;2*+1/p-2/t9-,10-,13?,14?,15?,16?,17-,18+,19+,20+,21?,22?,23?,24+,25+,26-,27?,30-,31-,32+;;;/m0.../s1. The Morgan fingerprint density at radius 1 is 0.645 bits per heavy atom. The minimum Gasteiger partial charge on any atom is -0.547 e. The first-order valence-electron chi connectivity index (χ1n) is 18.6. The molecule has 346 valence electrons. The molecule has 8 unspecified atom stereocenters.